The van der Waals surface area contributed by atoms with Crippen molar-refractivity contribution < 1.29 is 33.7 Å². The van der Waals surface area contributed by atoms with E-state index in [-0.39, 0.29) is 41.0 Å². The van der Waals surface area contributed by atoms with Crippen molar-refractivity contribution in [1.82, 2.24) is 19.5 Å². The number of rotatable bonds is 13. The number of hydrogen-bond donors (Lipinski definition) is 2. The lowest BCUT2D eigenvalue weighted by Crippen LogP contribution is -2.44. The van der Waals surface area contributed by atoms with Gasteiger partial charge < -0.3 is 24.6 Å². The monoisotopic (exact) mass is 667 g/mol. The van der Waals surface area contributed by atoms with Gasteiger partial charge in [-0.15, -0.1) is 6.42 Å². The van der Waals surface area contributed by atoms with Crippen molar-refractivity contribution in [3.63, 3.8) is 0 Å². The third-order valence-electron chi connectivity index (χ3n) is 8.22. The topological polar surface area (TPSA) is 155 Å². The number of carbonyl (C=O) groups excluding carboxylic acids is 3. The summed E-state index contributed by atoms with van der Waals surface area (Å²) in [5.74, 6) is 1.75. The van der Waals surface area contributed by atoms with Gasteiger partial charge >= 0.3 is 11.9 Å². The van der Waals surface area contributed by atoms with Crippen LogP contribution in [0, 0.1) is 26.2 Å². The Balaban J connectivity index is 1.56. The maximum Gasteiger partial charge on any atom is 0.308 e. The van der Waals surface area contributed by atoms with E-state index in [2.05, 4.69) is 33.1 Å². The Labute approximate surface area is 279 Å². The average Bonchev–Trinajstić information content (AvgIpc) is 3.55. The number of aliphatic hydroxyl groups excluding tert-OH is 1. The zero-order valence-electron chi connectivity index (χ0n) is 27.7. The predicted molar refractivity (Wildman–Crippen MR) is 176 cm³/mol. The van der Waals surface area contributed by atoms with Crippen LogP contribution in [0.25, 0.3) is 11.2 Å². The fourth-order valence-electron chi connectivity index (χ4n) is 6.14. The summed E-state index contributed by atoms with van der Waals surface area (Å²) in [5.41, 5.74) is 0.558. The van der Waals surface area contributed by atoms with E-state index in [9.17, 15) is 19.5 Å². The summed E-state index contributed by atoms with van der Waals surface area (Å²) < 4.78 is 19.2. The number of anilines is 1. The molecule has 252 valence electrons. The predicted octanol–water partition coefficient (Wildman–Crippen LogP) is 5.49. The van der Waals surface area contributed by atoms with Crippen LogP contribution in [0.5, 0.6) is 5.75 Å². The number of imidazole rings is 1. The van der Waals surface area contributed by atoms with Crippen molar-refractivity contribution in [2.45, 2.75) is 110 Å². The van der Waals surface area contributed by atoms with Gasteiger partial charge in [0.1, 0.15) is 18.1 Å². The molecule has 0 bridgehead atoms. The second-order valence-corrected chi connectivity index (χ2v) is 13.0. The summed E-state index contributed by atoms with van der Waals surface area (Å²) in [7, 11) is 0. The number of nitrogens with one attached hydrogen (secondary N) is 1. The highest BCUT2D eigenvalue weighted by Gasteiger charge is 2.51. The summed E-state index contributed by atoms with van der Waals surface area (Å²) in [4.78, 5) is 50.8. The van der Waals surface area contributed by atoms with Gasteiger partial charge in [-0.25, -0.2) is 4.98 Å². The van der Waals surface area contributed by atoms with E-state index in [0.29, 0.717) is 17.7 Å². The molecular weight excluding hydrogens is 626 g/mol. The fraction of sp³-hybridized carbons (Fsp3) is 0.529. The fourth-order valence-corrected chi connectivity index (χ4v) is 6.31. The molecule has 4 rings (SSSR count). The molecule has 1 amide bonds. The number of carbonyl (C=O) groups is 3. The molecule has 47 heavy (non-hydrogen) atoms. The van der Waals surface area contributed by atoms with Crippen LogP contribution in [0.4, 0.5) is 5.82 Å². The highest BCUT2D eigenvalue weighted by atomic mass is 35.5. The number of terminal acetylenes is 1. The van der Waals surface area contributed by atoms with Gasteiger partial charge in [0, 0.05) is 30.7 Å². The summed E-state index contributed by atoms with van der Waals surface area (Å²) in [6, 6.07) is 3.71. The summed E-state index contributed by atoms with van der Waals surface area (Å²) in [5, 5.41) is 13.0. The molecule has 12 nitrogen and oxygen atoms in total. The van der Waals surface area contributed by atoms with Gasteiger partial charge in [0.05, 0.1) is 19.4 Å². The number of nitrogens with zero attached hydrogens (tertiary/aromatic N) is 4. The number of aliphatic hydroxyl groups is 1. The lowest BCUT2D eigenvalue weighted by Gasteiger charge is -2.31. The van der Waals surface area contributed by atoms with Crippen LogP contribution >= 0.6 is 11.6 Å². The summed E-state index contributed by atoms with van der Waals surface area (Å²) in [6.07, 6.45) is 9.52. The van der Waals surface area contributed by atoms with Crippen molar-refractivity contribution in [3.8, 4) is 18.1 Å². The van der Waals surface area contributed by atoms with Crippen LogP contribution in [-0.2, 0) is 29.3 Å². The van der Waals surface area contributed by atoms with Crippen LogP contribution in [0.2, 0.25) is 5.28 Å². The first-order chi connectivity index (χ1) is 22.2. The quantitative estimate of drug-likeness (QED) is 0.0786. The van der Waals surface area contributed by atoms with Gasteiger partial charge in [0.2, 0.25) is 11.2 Å². The SMILES string of the molecule is C#C[C@]1(CO)O[C@@H](n2cnc3c(NC(=O)CCCCCC)nc(Cl)nc32)C[C@@H]1OC(=O)CC(C)(C)c1c(C)cc(C)cc1OC(C)=O. The molecule has 3 atom stereocenters. The van der Waals surface area contributed by atoms with Gasteiger partial charge in [-0.1, -0.05) is 52.0 Å². The normalized spacial score (nSPS) is 19.4. The minimum atomic E-state index is -1.66. The average molecular weight is 668 g/mol. The van der Waals surface area contributed by atoms with Crippen LogP contribution in [-0.4, -0.2) is 60.8 Å². The Kier molecular flexibility index (Phi) is 11.3. The number of benzene rings is 1. The summed E-state index contributed by atoms with van der Waals surface area (Å²) in [6.45, 7) is 10.3. The maximum atomic E-state index is 13.5. The van der Waals surface area contributed by atoms with Crippen LogP contribution in [0.1, 0.15) is 95.6 Å². The molecule has 0 radical (unpaired) electrons. The van der Waals surface area contributed by atoms with Crippen LogP contribution in [0.15, 0.2) is 18.5 Å². The molecular formula is C34H42ClN5O7. The number of aryl methyl sites for hydroxylation is 2. The van der Waals surface area contributed by atoms with Crippen molar-refractivity contribution in [2.75, 3.05) is 11.9 Å². The second-order valence-electron chi connectivity index (χ2n) is 12.6. The lowest BCUT2D eigenvalue weighted by molar-refractivity contribution is -0.160. The first kappa shape index (κ1) is 35.8. The summed E-state index contributed by atoms with van der Waals surface area (Å²) >= 11 is 6.24. The first-order valence-electron chi connectivity index (χ1n) is 15.7. The molecule has 2 aromatic heterocycles. The van der Waals surface area contributed by atoms with E-state index in [1.165, 1.54) is 13.3 Å². The lowest BCUT2D eigenvalue weighted by atomic mass is 9.78. The largest absolute Gasteiger partial charge is 0.458 e. The number of aromatic nitrogens is 4. The highest BCUT2D eigenvalue weighted by Crippen LogP contribution is 2.42. The van der Waals surface area contributed by atoms with Crippen LogP contribution < -0.4 is 10.1 Å². The minimum Gasteiger partial charge on any atom is -0.458 e. The van der Waals surface area contributed by atoms with Gasteiger partial charge in [0.25, 0.3) is 0 Å². The van der Waals surface area contributed by atoms with Gasteiger partial charge in [-0.05, 0) is 49.1 Å². The molecule has 13 heteroatoms. The number of ether oxygens (including phenoxy) is 3. The Bertz CT molecular complexity index is 1700. The number of hydrogen-bond acceptors (Lipinski definition) is 10. The van der Waals surface area contributed by atoms with Crippen molar-refractivity contribution in [3.05, 3.63) is 40.4 Å². The zero-order valence-corrected chi connectivity index (χ0v) is 28.4. The van der Waals surface area contributed by atoms with Gasteiger partial charge in [0.15, 0.2) is 22.6 Å². The molecule has 1 aromatic carbocycles. The number of fused-ring (bicyclic) bond motifs is 1. The standard InChI is InChI=1S/C34H42ClN5O7/c1-8-10-11-12-13-25(43)37-30-29-31(39-32(35)38-30)40(19-36-29)26-16-24(34(9-2,18-41)47-26)46-27(44)17-33(6,7)28-21(4)14-20(3)15-23(28)45-22(5)42/h2,14-15,19,24,26,41H,8,10-13,16-18H2,1,3-7H3,(H,37,38,39,43)/t24-,26+,34+/m0/s1. The number of esters is 2. The molecule has 1 saturated heterocycles. The molecule has 1 aliphatic heterocycles. The Morgan fingerprint density at radius 1 is 1.23 bits per heavy atom. The van der Waals surface area contributed by atoms with Crippen molar-refractivity contribution in [1.29, 1.82) is 0 Å². The third kappa shape index (κ3) is 8.09. The van der Waals surface area contributed by atoms with Crippen molar-refractivity contribution in [2.24, 2.45) is 0 Å². The van der Waals surface area contributed by atoms with Crippen molar-refractivity contribution >= 4 is 46.4 Å². The zero-order chi connectivity index (χ0) is 34.5. The van der Waals surface area contributed by atoms with E-state index < -0.39 is 41.9 Å². The molecule has 1 fully saturated rings. The first-order valence-corrected chi connectivity index (χ1v) is 16.1. The molecule has 1 aliphatic rings. The smallest absolute Gasteiger partial charge is 0.308 e. The number of unbranched alkanes of at least 4 members (excludes halogenated alkanes) is 3. The second kappa shape index (κ2) is 14.8. The van der Waals surface area contributed by atoms with E-state index in [1.807, 2.05) is 33.8 Å². The number of amides is 1. The molecule has 3 heterocycles. The van der Waals surface area contributed by atoms with E-state index in [4.69, 9.17) is 32.2 Å². The van der Waals surface area contributed by atoms with E-state index >= 15 is 0 Å². The Morgan fingerprint density at radius 2 is 1.98 bits per heavy atom. The Hall–Kier alpha value is -4.05. The van der Waals surface area contributed by atoms with Gasteiger partial charge in [-0.3, -0.25) is 19.0 Å². The van der Waals surface area contributed by atoms with Gasteiger partial charge in [-0.2, -0.15) is 9.97 Å². The van der Waals surface area contributed by atoms with E-state index in [0.717, 1.165) is 36.8 Å². The highest BCUT2D eigenvalue weighted by molar-refractivity contribution is 6.28. The van der Waals surface area contributed by atoms with Crippen LogP contribution in [0.3, 0.4) is 0 Å². The maximum absolute atomic E-state index is 13.5. The number of halogens is 1. The molecule has 0 saturated carbocycles. The molecule has 2 N–H and O–H groups in total. The minimum absolute atomic E-state index is 0.0609. The van der Waals surface area contributed by atoms with E-state index in [1.54, 1.807) is 10.6 Å². The molecule has 0 aliphatic carbocycles. The molecule has 0 spiro atoms. The molecule has 0 unspecified atom stereocenters. The Morgan fingerprint density at radius 3 is 2.64 bits per heavy atom. The molecule has 3 aromatic rings. The third-order valence-corrected chi connectivity index (χ3v) is 8.38.